The first-order valence-corrected chi connectivity index (χ1v) is 4.38. The van der Waals surface area contributed by atoms with Crippen LogP contribution < -0.4 is 0 Å². The quantitative estimate of drug-likeness (QED) is 0.502. The van der Waals surface area contributed by atoms with Gasteiger partial charge < -0.3 is 0 Å². The minimum Gasteiger partial charge on any atom is -0.215 e. The van der Waals surface area contributed by atoms with E-state index < -0.39 is 46.8 Å². The van der Waals surface area contributed by atoms with E-state index in [1.807, 2.05) is 0 Å². The largest absolute Gasteiger partial charge is 0.447 e. The maximum absolute atomic E-state index is 12.8. The molecule has 1 aliphatic rings. The first kappa shape index (κ1) is 17.7. The lowest BCUT2D eigenvalue weighted by atomic mass is 10.2. The SMILES string of the molecule is F/C(=C(\F)C(F)(F)F)N1C(F)(F)C(F)(F)C(F)(F)C1(F)F. The van der Waals surface area contributed by atoms with Crippen molar-refractivity contribution in [3.63, 3.8) is 0 Å². The van der Waals surface area contributed by atoms with E-state index in [9.17, 15) is 57.1 Å². The summed E-state index contributed by atoms with van der Waals surface area (Å²) < 4.78 is 161. The molecule has 0 aromatic carbocycles. The van der Waals surface area contributed by atoms with Gasteiger partial charge in [-0.15, -0.1) is 0 Å². The van der Waals surface area contributed by atoms with Crippen molar-refractivity contribution in [1.82, 2.24) is 4.90 Å². The monoisotopic (exact) mass is 345 g/mol. The van der Waals surface area contributed by atoms with Crippen molar-refractivity contribution < 1.29 is 57.1 Å². The van der Waals surface area contributed by atoms with E-state index in [-0.39, 0.29) is 0 Å². The van der Waals surface area contributed by atoms with E-state index in [0.29, 0.717) is 0 Å². The Hall–Kier alpha value is -1.37. The Kier molecular flexibility index (Phi) is 3.44. The molecule has 1 saturated heterocycles. The Morgan fingerprint density at radius 2 is 0.952 bits per heavy atom. The third-order valence-electron chi connectivity index (χ3n) is 2.34. The van der Waals surface area contributed by atoms with Crippen molar-refractivity contribution in [2.24, 2.45) is 0 Å². The fourth-order valence-corrected chi connectivity index (χ4v) is 1.30. The molecule has 0 aromatic rings. The second kappa shape index (κ2) is 4.09. The van der Waals surface area contributed by atoms with Crippen LogP contribution in [0.2, 0.25) is 0 Å². The molecule has 21 heavy (non-hydrogen) atoms. The van der Waals surface area contributed by atoms with Crippen LogP contribution in [0.5, 0.6) is 0 Å². The number of rotatable bonds is 1. The smallest absolute Gasteiger partial charge is 0.215 e. The number of halogens is 13. The highest BCUT2D eigenvalue weighted by Crippen LogP contribution is 2.64. The van der Waals surface area contributed by atoms with Crippen molar-refractivity contribution in [2.75, 3.05) is 0 Å². The molecule has 1 aliphatic heterocycles. The third kappa shape index (κ3) is 1.93. The van der Waals surface area contributed by atoms with Crippen LogP contribution >= 0.6 is 0 Å². The highest BCUT2D eigenvalue weighted by molar-refractivity contribution is 5.20. The molecule has 0 aliphatic carbocycles. The minimum absolute atomic E-state index is 3.22. The predicted octanol–water partition coefficient (Wildman–Crippen LogP) is 4.43. The molecule has 0 aromatic heterocycles. The first-order valence-electron chi connectivity index (χ1n) is 4.38. The van der Waals surface area contributed by atoms with Gasteiger partial charge in [-0.3, -0.25) is 0 Å². The van der Waals surface area contributed by atoms with Crippen LogP contribution in [0.3, 0.4) is 0 Å². The molecule has 0 N–H and O–H groups in total. The summed E-state index contributed by atoms with van der Waals surface area (Å²) in [6.07, 6.45) is -6.48. The number of allylic oxidation sites excluding steroid dienone is 1. The van der Waals surface area contributed by atoms with Crippen LogP contribution in [-0.4, -0.2) is 35.0 Å². The van der Waals surface area contributed by atoms with Crippen molar-refractivity contribution >= 4 is 0 Å². The molecule has 0 spiro atoms. The predicted molar refractivity (Wildman–Crippen MR) is 36.9 cm³/mol. The van der Waals surface area contributed by atoms with Gasteiger partial charge in [-0.1, -0.05) is 0 Å². The van der Waals surface area contributed by atoms with Gasteiger partial charge >= 0.3 is 30.1 Å². The van der Waals surface area contributed by atoms with Gasteiger partial charge in [-0.05, 0) is 0 Å². The van der Waals surface area contributed by atoms with Crippen molar-refractivity contribution in [3.05, 3.63) is 11.8 Å². The molecule has 1 fully saturated rings. The molecular weight excluding hydrogens is 345 g/mol. The molecule has 0 radical (unpaired) electrons. The maximum atomic E-state index is 12.8. The van der Waals surface area contributed by atoms with Crippen molar-refractivity contribution in [1.29, 1.82) is 0 Å². The zero-order chi connectivity index (χ0) is 17.2. The van der Waals surface area contributed by atoms with E-state index in [4.69, 9.17) is 0 Å². The Morgan fingerprint density at radius 3 is 1.19 bits per heavy atom. The molecule has 14 heteroatoms. The zero-order valence-electron chi connectivity index (χ0n) is 8.86. The summed E-state index contributed by atoms with van der Waals surface area (Å²) in [6, 6.07) is -13.7. The van der Waals surface area contributed by atoms with E-state index in [1.54, 1.807) is 0 Å². The molecule has 124 valence electrons. The van der Waals surface area contributed by atoms with Gasteiger partial charge in [0.05, 0.1) is 0 Å². The van der Waals surface area contributed by atoms with E-state index in [0.717, 1.165) is 0 Å². The average Bonchev–Trinajstić information content (AvgIpc) is 2.30. The molecule has 1 heterocycles. The van der Waals surface area contributed by atoms with Crippen molar-refractivity contribution in [2.45, 2.75) is 30.1 Å². The summed E-state index contributed by atoms with van der Waals surface area (Å²) in [6.45, 7) is 0. The highest BCUT2D eigenvalue weighted by Gasteiger charge is 2.94. The summed E-state index contributed by atoms with van der Waals surface area (Å²) in [5, 5.41) is 0. The fraction of sp³-hybridized carbons (Fsp3) is 0.714. The second-order valence-corrected chi connectivity index (χ2v) is 3.67. The van der Waals surface area contributed by atoms with Gasteiger partial charge in [-0.25, -0.2) is 4.90 Å². The molecular formula is C7F13N. The molecule has 1 rings (SSSR count). The van der Waals surface area contributed by atoms with Crippen LogP contribution in [0.25, 0.3) is 0 Å². The van der Waals surface area contributed by atoms with E-state index in [1.165, 1.54) is 0 Å². The summed E-state index contributed by atoms with van der Waals surface area (Å²) >= 11 is 0. The van der Waals surface area contributed by atoms with Crippen LogP contribution in [0.1, 0.15) is 0 Å². The molecule has 1 nitrogen and oxygen atoms in total. The lowest BCUT2D eigenvalue weighted by molar-refractivity contribution is -0.303. The molecule has 0 atom stereocenters. The number of likely N-dealkylation sites (tertiary alicyclic amines) is 1. The average molecular weight is 345 g/mol. The van der Waals surface area contributed by atoms with Crippen LogP contribution in [0, 0.1) is 0 Å². The van der Waals surface area contributed by atoms with Gasteiger partial charge in [0.15, 0.2) is 0 Å². The standard InChI is InChI=1S/C7F13N/c8-1(3(10,11)12)2(9)21-6(17,18)4(13,14)5(15,16)7(21,19)20/b2-1+. The molecule has 0 bridgehead atoms. The van der Waals surface area contributed by atoms with Gasteiger partial charge in [0.2, 0.25) is 5.95 Å². The van der Waals surface area contributed by atoms with E-state index >= 15 is 0 Å². The third-order valence-corrected chi connectivity index (χ3v) is 2.34. The summed E-state index contributed by atoms with van der Waals surface area (Å²) in [5.74, 6) is -22.5. The van der Waals surface area contributed by atoms with Gasteiger partial charge in [-0.2, -0.15) is 57.1 Å². The molecule has 0 unspecified atom stereocenters. The minimum atomic E-state index is -6.97. The molecule has 0 saturated carbocycles. The van der Waals surface area contributed by atoms with Crippen LogP contribution in [0.15, 0.2) is 11.8 Å². The lowest BCUT2D eigenvalue weighted by Crippen LogP contribution is -2.51. The number of alkyl halides is 11. The Labute approximate surface area is 105 Å². The van der Waals surface area contributed by atoms with Crippen LogP contribution in [0.4, 0.5) is 57.1 Å². The maximum Gasteiger partial charge on any atom is 0.447 e. The van der Waals surface area contributed by atoms with Gasteiger partial charge in [0, 0.05) is 0 Å². The summed E-state index contributed by atoms with van der Waals surface area (Å²) in [7, 11) is 0. The lowest BCUT2D eigenvalue weighted by Gasteiger charge is -2.28. The van der Waals surface area contributed by atoms with Gasteiger partial charge in [0.1, 0.15) is 0 Å². The fourth-order valence-electron chi connectivity index (χ4n) is 1.30. The second-order valence-electron chi connectivity index (χ2n) is 3.67. The normalized spacial score (nSPS) is 27.6. The first-order chi connectivity index (χ1) is 8.94. The van der Waals surface area contributed by atoms with Crippen molar-refractivity contribution in [3.8, 4) is 0 Å². The highest BCUT2D eigenvalue weighted by atomic mass is 19.4. The Balaban J connectivity index is 3.64. The topological polar surface area (TPSA) is 3.24 Å². The number of hydrogen-bond donors (Lipinski definition) is 0. The van der Waals surface area contributed by atoms with E-state index in [2.05, 4.69) is 0 Å². The Bertz CT molecular complexity index is 445. The Morgan fingerprint density at radius 1 is 0.667 bits per heavy atom. The number of hydrogen-bond acceptors (Lipinski definition) is 1. The number of nitrogens with zero attached hydrogens (tertiary/aromatic N) is 1. The molecule has 0 amide bonds. The summed E-state index contributed by atoms with van der Waals surface area (Å²) in [4.78, 5) is -3.22. The zero-order valence-corrected chi connectivity index (χ0v) is 8.86. The van der Waals surface area contributed by atoms with Crippen LogP contribution in [-0.2, 0) is 0 Å². The van der Waals surface area contributed by atoms with Gasteiger partial charge in [0.25, 0.3) is 5.83 Å². The summed E-state index contributed by atoms with van der Waals surface area (Å²) in [5.41, 5.74) is 0.